The Bertz CT molecular complexity index is 864. The average Bonchev–Trinajstić information content (AvgIpc) is 2.70. The number of para-hydroxylation sites is 1. The summed E-state index contributed by atoms with van der Waals surface area (Å²) in [5.41, 5.74) is 6.89. The highest BCUT2D eigenvalue weighted by Gasteiger charge is 2.20. The topological polar surface area (TPSA) is 110 Å². The number of sulfonamides is 1. The molecule has 0 amide bonds. The molecule has 8 heteroatoms. The van der Waals surface area contributed by atoms with E-state index in [2.05, 4.69) is 26.9 Å². The third-order valence-corrected chi connectivity index (χ3v) is 6.78. The maximum Gasteiger partial charge on any atom is 0.264 e. The molecule has 0 saturated heterocycles. The van der Waals surface area contributed by atoms with E-state index in [1.54, 1.807) is 6.07 Å². The van der Waals surface area contributed by atoms with Gasteiger partial charge in [0.15, 0.2) is 0 Å². The van der Waals surface area contributed by atoms with Gasteiger partial charge in [0.2, 0.25) is 5.95 Å². The van der Waals surface area contributed by atoms with Crippen molar-refractivity contribution >= 4 is 21.7 Å². The Balaban J connectivity index is 1.62. The molecule has 152 valence electrons. The lowest BCUT2D eigenvalue weighted by Crippen LogP contribution is -2.27. The predicted octanol–water partition coefficient (Wildman–Crippen LogP) is 3.17. The second-order valence-corrected chi connectivity index (χ2v) is 9.23. The van der Waals surface area contributed by atoms with E-state index >= 15 is 0 Å². The van der Waals surface area contributed by atoms with Gasteiger partial charge < -0.3 is 11.1 Å². The Hall–Kier alpha value is -2.19. The molecule has 0 spiro atoms. The molecule has 1 atom stereocenters. The molecule has 0 bridgehead atoms. The lowest BCUT2D eigenvalue weighted by atomic mass is 9.81. The standard InChI is InChI=1S/C20H29N5O2S/c1-15(16-7-3-2-4-8-16)11-22-12-17-9-5-6-10-19(17)25-28(26,27)18-13-23-20(21)24-14-18/h5-6,9-10,13-16,22,25H,2-4,7-8,11-12H2,1H3,(H2,21,23,24). The van der Waals surface area contributed by atoms with Crippen molar-refractivity contribution in [2.75, 3.05) is 17.0 Å². The number of nitrogens with one attached hydrogen (secondary N) is 2. The number of nitrogens with zero attached hydrogens (tertiary/aromatic N) is 2. The molecule has 1 aliphatic rings. The summed E-state index contributed by atoms with van der Waals surface area (Å²) in [5.74, 6) is 1.45. The fraction of sp³-hybridized carbons (Fsp3) is 0.500. The Kier molecular flexibility index (Phi) is 6.85. The number of nitrogen functional groups attached to an aromatic ring is 1. The third kappa shape index (κ3) is 5.42. The van der Waals surface area contributed by atoms with Crippen molar-refractivity contribution < 1.29 is 8.42 Å². The number of hydrogen-bond donors (Lipinski definition) is 3. The van der Waals surface area contributed by atoms with Gasteiger partial charge in [-0.25, -0.2) is 18.4 Å². The second-order valence-electron chi connectivity index (χ2n) is 7.55. The zero-order valence-corrected chi connectivity index (χ0v) is 17.1. The van der Waals surface area contributed by atoms with E-state index in [0.717, 1.165) is 18.0 Å². The van der Waals surface area contributed by atoms with E-state index < -0.39 is 10.0 Å². The van der Waals surface area contributed by atoms with Crippen LogP contribution in [-0.2, 0) is 16.6 Å². The van der Waals surface area contributed by atoms with Gasteiger partial charge in [0.25, 0.3) is 10.0 Å². The van der Waals surface area contributed by atoms with E-state index in [1.165, 1.54) is 44.5 Å². The molecular weight excluding hydrogens is 374 g/mol. The number of aromatic nitrogens is 2. The Morgan fingerprint density at radius 3 is 2.54 bits per heavy atom. The molecule has 2 aromatic rings. The van der Waals surface area contributed by atoms with Crippen molar-refractivity contribution in [2.45, 2.75) is 50.5 Å². The van der Waals surface area contributed by atoms with E-state index in [0.29, 0.717) is 18.2 Å². The molecule has 1 unspecified atom stereocenters. The highest BCUT2D eigenvalue weighted by molar-refractivity contribution is 7.92. The van der Waals surface area contributed by atoms with Crippen molar-refractivity contribution in [2.24, 2.45) is 11.8 Å². The first-order valence-electron chi connectivity index (χ1n) is 9.84. The highest BCUT2D eigenvalue weighted by Crippen LogP contribution is 2.29. The van der Waals surface area contributed by atoms with Crippen LogP contribution in [0.2, 0.25) is 0 Å². The van der Waals surface area contributed by atoms with Crippen LogP contribution in [0.5, 0.6) is 0 Å². The lowest BCUT2D eigenvalue weighted by molar-refractivity contribution is 0.256. The number of rotatable bonds is 8. The van der Waals surface area contributed by atoms with Crippen LogP contribution < -0.4 is 15.8 Å². The third-order valence-electron chi connectivity index (χ3n) is 5.46. The van der Waals surface area contributed by atoms with Gasteiger partial charge in [0.1, 0.15) is 4.90 Å². The molecule has 1 heterocycles. The maximum atomic E-state index is 12.6. The Morgan fingerprint density at radius 2 is 1.82 bits per heavy atom. The van der Waals surface area contributed by atoms with Crippen LogP contribution >= 0.6 is 0 Å². The molecular formula is C20H29N5O2S. The van der Waals surface area contributed by atoms with Gasteiger partial charge >= 0.3 is 0 Å². The van der Waals surface area contributed by atoms with Crippen LogP contribution in [-0.4, -0.2) is 24.9 Å². The molecule has 0 radical (unpaired) electrons. The summed E-state index contributed by atoms with van der Waals surface area (Å²) in [6, 6.07) is 7.41. The SMILES string of the molecule is CC(CNCc1ccccc1NS(=O)(=O)c1cnc(N)nc1)C1CCCCC1. The Morgan fingerprint density at radius 1 is 1.14 bits per heavy atom. The van der Waals surface area contributed by atoms with Gasteiger partial charge in [0.05, 0.1) is 18.1 Å². The minimum Gasteiger partial charge on any atom is -0.368 e. The van der Waals surface area contributed by atoms with Crippen molar-refractivity contribution in [3.8, 4) is 0 Å². The van der Waals surface area contributed by atoms with Crippen LogP contribution in [0.3, 0.4) is 0 Å². The predicted molar refractivity (Wildman–Crippen MR) is 111 cm³/mol. The van der Waals surface area contributed by atoms with Gasteiger partial charge in [0, 0.05) is 6.54 Å². The maximum absolute atomic E-state index is 12.6. The van der Waals surface area contributed by atoms with E-state index in [-0.39, 0.29) is 10.8 Å². The van der Waals surface area contributed by atoms with Crippen LogP contribution in [0, 0.1) is 11.8 Å². The Labute approximate surface area is 167 Å². The molecule has 7 nitrogen and oxygen atoms in total. The van der Waals surface area contributed by atoms with Gasteiger partial charge in [-0.15, -0.1) is 0 Å². The fourth-order valence-electron chi connectivity index (χ4n) is 3.75. The molecule has 4 N–H and O–H groups in total. The summed E-state index contributed by atoms with van der Waals surface area (Å²) in [6.45, 7) is 3.84. The first-order valence-corrected chi connectivity index (χ1v) is 11.3. The summed E-state index contributed by atoms with van der Waals surface area (Å²) in [7, 11) is -3.77. The monoisotopic (exact) mass is 403 g/mol. The highest BCUT2D eigenvalue weighted by atomic mass is 32.2. The molecule has 1 aromatic carbocycles. The van der Waals surface area contributed by atoms with E-state index in [4.69, 9.17) is 5.73 Å². The van der Waals surface area contributed by atoms with Crippen molar-refractivity contribution in [1.82, 2.24) is 15.3 Å². The molecule has 1 saturated carbocycles. The fourth-order valence-corrected chi connectivity index (χ4v) is 4.74. The number of hydrogen-bond acceptors (Lipinski definition) is 6. The van der Waals surface area contributed by atoms with Gasteiger partial charge in [-0.1, -0.05) is 57.2 Å². The summed E-state index contributed by atoms with van der Waals surface area (Å²) >= 11 is 0. The summed E-state index contributed by atoms with van der Waals surface area (Å²) < 4.78 is 27.8. The van der Waals surface area contributed by atoms with Gasteiger partial charge in [-0.3, -0.25) is 4.72 Å². The molecule has 1 aromatic heterocycles. The number of nitrogens with two attached hydrogens (primary N) is 1. The van der Waals surface area contributed by atoms with Crippen LogP contribution in [0.4, 0.5) is 11.6 Å². The van der Waals surface area contributed by atoms with Crippen molar-refractivity contribution in [3.63, 3.8) is 0 Å². The normalized spacial score (nSPS) is 16.6. The molecule has 28 heavy (non-hydrogen) atoms. The van der Waals surface area contributed by atoms with Crippen molar-refractivity contribution in [1.29, 1.82) is 0 Å². The zero-order chi connectivity index (χ0) is 20.0. The smallest absolute Gasteiger partial charge is 0.264 e. The average molecular weight is 404 g/mol. The summed E-state index contributed by atoms with van der Waals surface area (Å²) in [5, 5.41) is 3.50. The molecule has 0 aliphatic heterocycles. The summed E-state index contributed by atoms with van der Waals surface area (Å²) in [6.07, 6.45) is 9.10. The van der Waals surface area contributed by atoms with Crippen LogP contribution in [0.25, 0.3) is 0 Å². The van der Waals surface area contributed by atoms with Crippen LogP contribution in [0.1, 0.15) is 44.6 Å². The van der Waals surface area contributed by atoms with E-state index in [1.807, 2.05) is 18.2 Å². The summed E-state index contributed by atoms with van der Waals surface area (Å²) in [4.78, 5) is 7.50. The molecule has 1 fully saturated rings. The van der Waals surface area contributed by atoms with Crippen molar-refractivity contribution in [3.05, 3.63) is 42.2 Å². The van der Waals surface area contributed by atoms with E-state index in [9.17, 15) is 8.42 Å². The van der Waals surface area contributed by atoms with Crippen LogP contribution in [0.15, 0.2) is 41.6 Å². The number of benzene rings is 1. The van der Waals surface area contributed by atoms with Gasteiger partial charge in [-0.2, -0.15) is 0 Å². The van der Waals surface area contributed by atoms with Gasteiger partial charge in [-0.05, 0) is 30.0 Å². The first-order chi connectivity index (χ1) is 13.5. The minimum atomic E-state index is -3.77. The lowest BCUT2D eigenvalue weighted by Gasteiger charge is -2.28. The minimum absolute atomic E-state index is 0.0182. The second kappa shape index (κ2) is 9.34. The molecule has 3 rings (SSSR count). The largest absolute Gasteiger partial charge is 0.368 e. The quantitative estimate of drug-likeness (QED) is 0.624. The number of anilines is 2. The first kappa shape index (κ1) is 20.5. The molecule has 1 aliphatic carbocycles. The zero-order valence-electron chi connectivity index (χ0n) is 16.3.